The zero-order chi connectivity index (χ0) is 16.8. The Morgan fingerprint density at radius 3 is 2.00 bits per heavy atom. The van der Waals surface area contributed by atoms with Gasteiger partial charge in [-0.2, -0.15) is 0 Å². The summed E-state index contributed by atoms with van der Waals surface area (Å²) in [6, 6.07) is 17.1. The van der Waals surface area contributed by atoms with Gasteiger partial charge in [0.1, 0.15) is 0 Å². The van der Waals surface area contributed by atoms with Crippen LogP contribution in [0, 0.1) is 0 Å². The van der Waals surface area contributed by atoms with Crippen LogP contribution in [0.2, 0.25) is 0 Å². The lowest BCUT2D eigenvalue weighted by molar-refractivity contribution is 0.235. The van der Waals surface area contributed by atoms with Crippen LogP contribution in [0.5, 0.6) is 0 Å². The summed E-state index contributed by atoms with van der Waals surface area (Å²) < 4.78 is 0. The van der Waals surface area contributed by atoms with Crippen molar-refractivity contribution < 1.29 is 5.11 Å². The van der Waals surface area contributed by atoms with E-state index in [2.05, 4.69) is 72.6 Å². The van der Waals surface area contributed by atoms with E-state index >= 15 is 0 Å². The van der Waals surface area contributed by atoms with Crippen molar-refractivity contribution in [2.24, 2.45) is 0 Å². The number of hydrogen-bond acceptors (Lipinski definition) is 3. The fourth-order valence-electron chi connectivity index (χ4n) is 2.70. The highest BCUT2D eigenvalue weighted by molar-refractivity contribution is 5.46. The first kappa shape index (κ1) is 17.5. The van der Waals surface area contributed by atoms with Gasteiger partial charge in [0.05, 0.1) is 12.6 Å². The summed E-state index contributed by atoms with van der Waals surface area (Å²) in [5, 5.41) is 13.3. The van der Waals surface area contributed by atoms with Crippen molar-refractivity contribution in [3.8, 4) is 0 Å². The van der Waals surface area contributed by atoms with Gasteiger partial charge in [0.15, 0.2) is 0 Å². The van der Waals surface area contributed by atoms with E-state index in [4.69, 9.17) is 0 Å². The molecule has 0 aliphatic carbocycles. The third kappa shape index (κ3) is 4.57. The third-order valence-electron chi connectivity index (χ3n) is 4.33. The standard InChI is InChI=1S/C20H28N2O/c1-5-16-6-8-18(9-7-16)20(14-23)21-15(2)17-10-12-19(13-11-17)22(3)4/h6-13,15,20-21,23H,5,14H2,1-4H3. The average molecular weight is 312 g/mol. The molecule has 0 bridgehead atoms. The van der Waals surface area contributed by atoms with Crippen LogP contribution in [0.15, 0.2) is 48.5 Å². The van der Waals surface area contributed by atoms with E-state index in [9.17, 15) is 5.11 Å². The molecular weight excluding hydrogens is 284 g/mol. The van der Waals surface area contributed by atoms with Crippen molar-refractivity contribution in [1.29, 1.82) is 0 Å². The second kappa shape index (κ2) is 8.14. The molecule has 2 unspecified atom stereocenters. The van der Waals surface area contributed by atoms with E-state index in [1.54, 1.807) is 0 Å². The molecule has 23 heavy (non-hydrogen) atoms. The quantitative estimate of drug-likeness (QED) is 0.818. The lowest BCUT2D eigenvalue weighted by atomic mass is 10.0. The van der Waals surface area contributed by atoms with E-state index in [0.717, 1.165) is 12.0 Å². The first-order valence-corrected chi connectivity index (χ1v) is 8.28. The number of anilines is 1. The van der Waals surface area contributed by atoms with Crippen molar-refractivity contribution >= 4 is 5.69 Å². The number of nitrogens with zero attached hydrogens (tertiary/aromatic N) is 1. The predicted octanol–water partition coefficient (Wildman–Crippen LogP) is 3.70. The second-order valence-corrected chi connectivity index (χ2v) is 6.20. The maximum Gasteiger partial charge on any atom is 0.0626 e. The maximum atomic E-state index is 9.75. The van der Waals surface area contributed by atoms with Gasteiger partial charge in [-0.15, -0.1) is 0 Å². The van der Waals surface area contributed by atoms with E-state index in [1.165, 1.54) is 16.8 Å². The minimum absolute atomic E-state index is 0.0515. The molecule has 0 radical (unpaired) electrons. The second-order valence-electron chi connectivity index (χ2n) is 6.20. The summed E-state index contributed by atoms with van der Waals surface area (Å²) in [6.07, 6.45) is 1.03. The van der Waals surface area contributed by atoms with Crippen LogP contribution >= 0.6 is 0 Å². The van der Waals surface area contributed by atoms with Crippen LogP contribution in [0.3, 0.4) is 0 Å². The summed E-state index contributed by atoms with van der Waals surface area (Å²) >= 11 is 0. The Bertz CT molecular complexity index is 590. The van der Waals surface area contributed by atoms with Crippen LogP contribution in [-0.2, 0) is 6.42 Å². The highest BCUT2D eigenvalue weighted by atomic mass is 16.3. The first-order valence-electron chi connectivity index (χ1n) is 8.28. The van der Waals surface area contributed by atoms with Gasteiger partial charge in [0.2, 0.25) is 0 Å². The molecule has 0 saturated heterocycles. The predicted molar refractivity (Wildman–Crippen MR) is 98.0 cm³/mol. The number of rotatable bonds is 7. The molecule has 3 nitrogen and oxygen atoms in total. The van der Waals surface area contributed by atoms with Gasteiger partial charge < -0.3 is 15.3 Å². The lowest BCUT2D eigenvalue weighted by Crippen LogP contribution is -2.27. The van der Waals surface area contributed by atoms with Gasteiger partial charge in [-0.05, 0) is 42.2 Å². The number of aliphatic hydroxyl groups is 1. The lowest BCUT2D eigenvalue weighted by Gasteiger charge is -2.23. The minimum atomic E-state index is -0.0515. The van der Waals surface area contributed by atoms with Crippen LogP contribution in [0.1, 0.15) is 42.6 Å². The summed E-state index contributed by atoms with van der Waals surface area (Å²) in [5.41, 5.74) is 4.85. The molecule has 2 aromatic carbocycles. The Morgan fingerprint density at radius 2 is 1.52 bits per heavy atom. The molecule has 2 N–H and O–H groups in total. The molecule has 2 aromatic rings. The highest BCUT2D eigenvalue weighted by Gasteiger charge is 2.14. The molecule has 3 heteroatoms. The van der Waals surface area contributed by atoms with Crippen molar-refractivity contribution in [3.63, 3.8) is 0 Å². The van der Waals surface area contributed by atoms with Gasteiger partial charge in [-0.3, -0.25) is 0 Å². The summed E-state index contributed by atoms with van der Waals surface area (Å²) in [5.74, 6) is 0. The first-order chi connectivity index (χ1) is 11.0. The Morgan fingerprint density at radius 1 is 0.957 bits per heavy atom. The Hall–Kier alpha value is -1.84. The number of nitrogens with one attached hydrogen (secondary N) is 1. The molecule has 124 valence electrons. The van der Waals surface area contributed by atoms with Crippen molar-refractivity contribution in [3.05, 3.63) is 65.2 Å². The van der Waals surface area contributed by atoms with Crippen LogP contribution in [0.4, 0.5) is 5.69 Å². The number of hydrogen-bond donors (Lipinski definition) is 2. The zero-order valence-corrected chi connectivity index (χ0v) is 14.6. The van der Waals surface area contributed by atoms with Crippen molar-refractivity contribution in [1.82, 2.24) is 5.32 Å². The van der Waals surface area contributed by atoms with Gasteiger partial charge in [0.25, 0.3) is 0 Å². The Labute approximate surface area is 140 Å². The molecule has 0 saturated carbocycles. The smallest absolute Gasteiger partial charge is 0.0626 e. The Balaban J connectivity index is 2.07. The van der Waals surface area contributed by atoms with Gasteiger partial charge >= 0.3 is 0 Å². The fraction of sp³-hybridized carbons (Fsp3) is 0.400. The average Bonchev–Trinajstić information content (AvgIpc) is 2.59. The topological polar surface area (TPSA) is 35.5 Å². The third-order valence-corrected chi connectivity index (χ3v) is 4.33. The van der Waals surface area contributed by atoms with E-state index in [-0.39, 0.29) is 18.7 Å². The molecule has 0 heterocycles. The van der Waals surface area contributed by atoms with Gasteiger partial charge in [0, 0.05) is 25.8 Å². The van der Waals surface area contributed by atoms with Gasteiger partial charge in [-0.1, -0.05) is 43.3 Å². The Kier molecular flexibility index (Phi) is 6.20. The largest absolute Gasteiger partial charge is 0.394 e. The van der Waals surface area contributed by atoms with E-state index in [0.29, 0.717) is 0 Å². The molecular formula is C20H28N2O. The summed E-state index contributed by atoms with van der Waals surface area (Å²) in [7, 11) is 4.08. The fourth-order valence-corrected chi connectivity index (χ4v) is 2.70. The molecule has 0 amide bonds. The molecule has 2 atom stereocenters. The van der Waals surface area contributed by atoms with Crippen LogP contribution < -0.4 is 10.2 Å². The van der Waals surface area contributed by atoms with E-state index in [1.807, 2.05) is 14.1 Å². The number of aryl methyl sites for hydroxylation is 1. The zero-order valence-electron chi connectivity index (χ0n) is 14.6. The minimum Gasteiger partial charge on any atom is -0.394 e. The highest BCUT2D eigenvalue weighted by Crippen LogP contribution is 2.22. The van der Waals surface area contributed by atoms with Crippen molar-refractivity contribution in [2.45, 2.75) is 32.4 Å². The summed E-state index contributed by atoms with van der Waals surface area (Å²) in [4.78, 5) is 2.09. The van der Waals surface area contributed by atoms with E-state index < -0.39 is 0 Å². The van der Waals surface area contributed by atoms with Crippen LogP contribution in [-0.4, -0.2) is 25.8 Å². The molecule has 0 aliphatic rings. The molecule has 0 fully saturated rings. The van der Waals surface area contributed by atoms with Gasteiger partial charge in [-0.25, -0.2) is 0 Å². The number of benzene rings is 2. The summed E-state index contributed by atoms with van der Waals surface area (Å²) in [6.45, 7) is 4.37. The molecule has 0 aromatic heterocycles. The molecule has 0 aliphatic heterocycles. The van der Waals surface area contributed by atoms with Crippen molar-refractivity contribution in [2.75, 3.05) is 25.6 Å². The normalized spacial score (nSPS) is 13.6. The molecule has 0 spiro atoms. The van der Waals surface area contributed by atoms with Crippen LogP contribution in [0.25, 0.3) is 0 Å². The maximum absolute atomic E-state index is 9.75. The monoisotopic (exact) mass is 312 g/mol. The SMILES string of the molecule is CCc1ccc(C(CO)NC(C)c2ccc(N(C)C)cc2)cc1. The number of aliphatic hydroxyl groups excluding tert-OH is 1. The molecule has 2 rings (SSSR count).